The molecule has 0 saturated heterocycles. The number of aromatic nitrogens is 4. The number of likely N-dealkylation sites (N-methyl/N-ethyl adjacent to an activating group) is 1. The number of rotatable bonds is 10. The van der Waals surface area contributed by atoms with Crippen LogP contribution in [0.25, 0.3) is 5.69 Å². The maximum Gasteiger partial charge on any atom is 0.255 e. The van der Waals surface area contributed by atoms with Gasteiger partial charge < -0.3 is 20.9 Å². The van der Waals surface area contributed by atoms with Gasteiger partial charge in [-0.25, -0.2) is 4.68 Å². The van der Waals surface area contributed by atoms with Gasteiger partial charge in [0.2, 0.25) is 0 Å². The highest BCUT2D eigenvalue weighted by molar-refractivity contribution is 7.80. The number of anilines is 3. The molecule has 2 aromatic heterocycles. The number of hydrogen-bond acceptors (Lipinski definition) is 5. The lowest BCUT2D eigenvalue weighted by Crippen LogP contribution is -2.27. The van der Waals surface area contributed by atoms with Gasteiger partial charge in [-0.05, 0) is 55.6 Å². The molecule has 37 heavy (non-hydrogen) atoms. The number of carbonyl (C=O) groups excluding carboxylic acids is 1. The van der Waals surface area contributed by atoms with Crippen molar-refractivity contribution in [2.75, 3.05) is 35.6 Å². The number of amides is 1. The molecule has 0 aliphatic rings. The van der Waals surface area contributed by atoms with E-state index >= 15 is 0 Å². The van der Waals surface area contributed by atoms with E-state index in [0.29, 0.717) is 32.8 Å². The van der Waals surface area contributed by atoms with Crippen LogP contribution in [0, 0.1) is 0 Å². The zero-order valence-corrected chi connectivity index (χ0v) is 22.3. The number of carbonyl (C=O) groups is 1. The van der Waals surface area contributed by atoms with E-state index in [1.54, 1.807) is 41.5 Å². The number of nitrogens with zero attached hydrogens (tertiary/aromatic N) is 5. The second-order valence-corrected chi connectivity index (χ2v) is 9.07. The Hall–Kier alpha value is -3.73. The Morgan fingerprint density at radius 1 is 0.973 bits per heavy atom. The normalized spacial score (nSPS) is 10.9. The summed E-state index contributed by atoms with van der Waals surface area (Å²) in [7, 11) is 0. The molecule has 0 spiro atoms. The molecule has 192 valence electrons. The average Bonchev–Trinajstić information content (AvgIpc) is 3.56. The Labute approximate surface area is 226 Å². The fourth-order valence-electron chi connectivity index (χ4n) is 3.70. The first-order chi connectivity index (χ1) is 17.9. The molecular weight excluding hydrogens is 508 g/mol. The van der Waals surface area contributed by atoms with Gasteiger partial charge in [-0.3, -0.25) is 9.48 Å². The highest BCUT2D eigenvalue weighted by Gasteiger charge is 2.11. The van der Waals surface area contributed by atoms with Crippen LogP contribution in [0.2, 0.25) is 5.02 Å². The largest absolute Gasteiger partial charge is 0.331 e. The number of nitrogens with one attached hydrogen (secondary N) is 3. The van der Waals surface area contributed by atoms with E-state index in [1.807, 2.05) is 41.2 Å². The van der Waals surface area contributed by atoms with Crippen molar-refractivity contribution in [3.63, 3.8) is 0 Å². The van der Waals surface area contributed by atoms with Crippen molar-refractivity contribution in [3.8, 4) is 5.69 Å². The van der Waals surface area contributed by atoms with Crippen LogP contribution in [0.3, 0.4) is 0 Å². The van der Waals surface area contributed by atoms with Gasteiger partial charge in [0.1, 0.15) is 0 Å². The summed E-state index contributed by atoms with van der Waals surface area (Å²) in [6.07, 6.45) is 6.95. The SMILES string of the molecule is CCN(CC)CCn1cc(NC(=O)c2cccc(-n3cc(NC(=S)Nc4ccccc4Cl)cn3)c2)cn1. The molecule has 0 fully saturated rings. The average molecular weight is 537 g/mol. The van der Waals surface area contributed by atoms with E-state index in [-0.39, 0.29) is 5.91 Å². The number of thiocarbonyl (C=S) groups is 1. The zero-order valence-electron chi connectivity index (χ0n) is 20.7. The molecule has 0 aliphatic heterocycles. The zero-order chi connectivity index (χ0) is 26.2. The molecule has 2 aromatic carbocycles. The van der Waals surface area contributed by atoms with Crippen LogP contribution in [0.1, 0.15) is 24.2 Å². The lowest BCUT2D eigenvalue weighted by molar-refractivity contribution is 0.102. The third kappa shape index (κ3) is 7.16. The number of hydrogen-bond donors (Lipinski definition) is 3. The maximum atomic E-state index is 12.9. The minimum absolute atomic E-state index is 0.222. The first kappa shape index (κ1) is 26.3. The smallest absolute Gasteiger partial charge is 0.255 e. The molecule has 0 atom stereocenters. The Morgan fingerprint density at radius 2 is 1.73 bits per heavy atom. The maximum absolute atomic E-state index is 12.9. The fraction of sp³-hybridized carbons (Fsp3) is 0.231. The van der Waals surface area contributed by atoms with Gasteiger partial charge >= 0.3 is 0 Å². The van der Waals surface area contributed by atoms with E-state index in [9.17, 15) is 4.79 Å². The van der Waals surface area contributed by atoms with Gasteiger partial charge in [-0.15, -0.1) is 0 Å². The number of para-hydroxylation sites is 1. The van der Waals surface area contributed by atoms with Crippen molar-refractivity contribution in [3.05, 3.63) is 83.9 Å². The van der Waals surface area contributed by atoms with Crippen LogP contribution in [0.15, 0.2) is 73.3 Å². The van der Waals surface area contributed by atoms with Gasteiger partial charge in [0.05, 0.1) is 52.9 Å². The Balaban J connectivity index is 1.36. The summed E-state index contributed by atoms with van der Waals surface area (Å²) >= 11 is 11.6. The predicted octanol–water partition coefficient (Wildman–Crippen LogP) is 5.13. The van der Waals surface area contributed by atoms with E-state index in [1.165, 1.54) is 0 Å². The molecule has 0 saturated carbocycles. The lowest BCUT2D eigenvalue weighted by atomic mass is 10.2. The molecule has 2 heterocycles. The van der Waals surface area contributed by atoms with Crippen molar-refractivity contribution in [2.45, 2.75) is 20.4 Å². The van der Waals surface area contributed by atoms with Crippen LogP contribution in [0.5, 0.6) is 0 Å². The standard InChI is InChI=1S/C26H29ClN8OS/c1-3-33(4-2)12-13-34-17-20(15-28-34)30-25(36)19-8-7-9-22(14-19)35-18-21(16-29-35)31-26(37)32-24-11-6-5-10-23(24)27/h5-11,14-18H,3-4,12-13H2,1-2H3,(H,30,36)(H2,31,32,37). The van der Waals surface area contributed by atoms with E-state index in [0.717, 1.165) is 31.9 Å². The molecule has 9 nitrogen and oxygen atoms in total. The van der Waals surface area contributed by atoms with Crippen molar-refractivity contribution < 1.29 is 4.79 Å². The summed E-state index contributed by atoms with van der Waals surface area (Å²) in [5.41, 5.74) is 3.30. The third-order valence-corrected chi connectivity index (χ3v) is 6.30. The third-order valence-electron chi connectivity index (χ3n) is 5.77. The second kappa shape index (κ2) is 12.5. The fourth-order valence-corrected chi connectivity index (χ4v) is 4.11. The van der Waals surface area contributed by atoms with Gasteiger partial charge in [-0.2, -0.15) is 10.2 Å². The van der Waals surface area contributed by atoms with Crippen molar-refractivity contribution in [1.29, 1.82) is 0 Å². The Kier molecular flexibility index (Phi) is 8.89. The topological polar surface area (TPSA) is 92.0 Å². The second-order valence-electron chi connectivity index (χ2n) is 8.26. The molecule has 0 bridgehead atoms. The van der Waals surface area contributed by atoms with Gasteiger partial charge in [0.25, 0.3) is 5.91 Å². The van der Waals surface area contributed by atoms with Gasteiger partial charge in [0.15, 0.2) is 5.11 Å². The van der Waals surface area contributed by atoms with E-state index in [2.05, 4.69) is 44.9 Å². The lowest BCUT2D eigenvalue weighted by Gasteiger charge is -2.17. The molecule has 0 aliphatic carbocycles. The van der Waals surface area contributed by atoms with Crippen molar-refractivity contribution in [1.82, 2.24) is 24.5 Å². The van der Waals surface area contributed by atoms with Crippen molar-refractivity contribution in [2.24, 2.45) is 0 Å². The van der Waals surface area contributed by atoms with Crippen LogP contribution in [0.4, 0.5) is 17.1 Å². The van der Waals surface area contributed by atoms with Crippen molar-refractivity contribution >= 4 is 51.9 Å². The van der Waals surface area contributed by atoms with E-state index < -0.39 is 0 Å². The molecule has 11 heteroatoms. The summed E-state index contributed by atoms with van der Waals surface area (Å²) in [5, 5.41) is 18.8. The number of halogens is 1. The molecule has 0 unspecified atom stereocenters. The monoisotopic (exact) mass is 536 g/mol. The highest BCUT2D eigenvalue weighted by atomic mass is 35.5. The highest BCUT2D eigenvalue weighted by Crippen LogP contribution is 2.21. The summed E-state index contributed by atoms with van der Waals surface area (Å²) in [4.78, 5) is 15.2. The summed E-state index contributed by atoms with van der Waals surface area (Å²) in [6, 6.07) is 14.6. The first-order valence-electron chi connectivity index (χ1n) is 12.0. The quantitative estimate of drug-likeness (QED) is 0.242. The molecule has 4 rings (SSSR count). The Bertz CT molecular complexity index is 1360. The number of benzene rings is 2. The summed E-state index contributed by atoms with van der Waals surface area (Å²) < 4.78 is 3.51. The summed E-state index contributed by atoms with van der Waals surface area (Å²) in [6.45, 7) is 7.95. The van der Waals surface area contributed by atoms with E-state index in [4.69, 9.17) is 23.8 Å². The molecule has 1 amide bonds. The van der Waals surface area contributed by atoms with Crippen LogP contribution in [-0.4, -0.2) is 55.1 Å². The predicted molar refractivity (Wildman–Crippen MR) is 153 cm³/mol. The van der Waals surface area contributed by atoms with Crippen LogP contribution >= 0.6 is 23.8 Å². The molecular formula is C26H29ClN8OS. The minimum Gasteiger partial charge on any atom is -0.331 e. The molecule has 3 N–H and O–H groups in total. The summed E-state index contributed by atoms with van der Waals surface area (Å²) in [5.74, 6) is -0.222. The Morgan fingerprint density at radius 3 is 2.51 bits per heavy atom. The molecule has 4 aromatic rings. The molecule has 0 radical (unpaired) electrons. The van der Waals surface area contributed by atoms with Crippen LogP contribution < -0.4 is 16.0 Å². The first-order valence-corrected chi connectivity index (χ1v) is 12.8. The van der Waals surface area contributed by atoms with Gasteiger partial charge in [0, 0.05) is 18.3 Å². The minimum atomic E-state index is -0.222. The van der Waals surface area contributed by atoms with Gasteiger partial charge in [-0.1, -0.05) is 43.6 Å². The van der Waals surface area contributed by atoms with Crippen LogP contribution in [-0.2, 0) is 6.54 Å².